The second kappa shape index (κ2) is 6.69. The highest BCUT2D eigenvalue weighted by molar-refractivity contribution is 9.10. The van der Waals surface area contributed by atoms with Crippen LogP contribution >= 0.6 is 43.5 Å². The maximum absolute atomic E-state index is 6.10. The van der Waals surface area contributed by atoms with Crippen LogP contribution in [0.3, 0.4) is 0 Å². The normalized spacial score (nSPS) is 12.4. The van der Waals surface area contributed by atoms with Gasteiger partial charge in [0.1, 0.15) is 0 Å². The molecule has 0 fully saturated rings. The van der Waals surface area contributed by atoms with Gasteiger partial charge in [0.05, 0.1) is 0 Å². The van der Waals surface area contributed by atoms with E-state index in [-0.39, 0.29) is 0 Å². The van der Waals surface area contributed by atoms with Crippen molar-refractivity contribution in [1.29, 1.82) is 0 Å². The molecule has 1 nitrogen and oxygen atoms in total. The average Bonchev–Trinajstić information content (AvgIpc) is 2.36. The second-order valence-corrected chi connectivity index (χ2v) is 6.26. The maximum Gasteiger partial charge on any atom is 0.0410 e. The summed E-state index contributed by atoms with van der Waals surface area (Å²) in [5.41, 5.74) is 2.44. The summed E-state index contributed by atoms with van der Waals surface area (Å²) < 4.78 is 2.09. The fourth-order valence-corrected chi connectivity index (χ4v) is 2.99. The fourth-order valence-electron chi connectivity index (χ4n) is 1.87. The van der Waals surface area contributed by atoms with Crippen molar-refractivity contribution in [1.82, 2.24) is 4.98 Å². The van der Waals surface area contributed by atoms with Gasteiger partial charge in [-0.1, -0.05) is 28.1 Å². The number of hydrogen-bond acceptors (Lipinski definition) is 1. The van der Waals surface area contributed by atoms with E-state index >= 15 is 0 Å². The maximum atomic E-state index is 6.10. The minimum Gasteiger partial charge on any atom is -0.263 e. The Morgan fingerprint density at radius 1 is 1.11 bits per heavy atom. The van der Waals surface area contributed by atoms with Crippen molar-refractivity contribution in [2.75, 3.05) is 5.88 Å². The van der Waals surface area contributed by atoms with Gasteiger partial charge in [0.15, 0.2) is 0 Å². The molecule has 4 heteroatoms. The Bertz CT molecular complexity index is 531. The molecule has 0 spiro atoms. The Labute approximate surface area is 129 Å². The first-order valence-corrected chi connectivity index (χ1v) is 7.72. The van der Waals surface area contributed by atoms with Crippen molar-refractivity contribution in [3.05, 3.63) is 62.8 Å². The summed E-state index contributed by atoms with van der Waals surface area (Å²) >= 11 is 13.0. The largest absolute Gasteiger partial charge is 0.263 e. The van der Waals surface area contributed by atoms with Crippen LogP contribution in [0.1, 0.15) is 17.0 Å². The highest BCUT2D eigenvalue weighted by Gasteiger charge is 2.12. The smallest absolute Gasteiger partial charge is 0.0410 e. The van der Waals surface area contributed by atoms with Crippen LogP contribution in [0.15, 0.2) is 51.7 Å². The van der Waals surface area contributed by atoms with E-state index in [9.17, 15) is 0 Å². The Kier molecular flexibility index (Phi) is 5.22. The average molecular weight is 390 g/mol. The summed E-state index contributed by atoms with van der Waals surface area (Å²) in [5.74, 6) is 0.906. The molecule has 0 saturated heterocycles. The molecule has 0 bridgehead atoms. The van der Waals surface area contributed by atoms with Crippen LogP contribution < -0.4 is 0 Å². The van der Waals surface area contributed by atoms with Gasteiger partial charge in [0.25, 0.3) is 0 Å². The summed E-state index contributed by atoms with van der Waals surface area (Å²) in [7, 11) is 0. The molecule has 1 unspecified atom stereocenters. The number of aromatic nitrogens is 1. The van der Waals surface area contributed by atoms with E-state index in [1.54, 1.807) is 6.20 Å². The molecule has 0 aliphatic heterocycles. The molecule has 1 aromatic heterocycles. The molecule has 0 N–H and O–H groups in total. The van der Waals surface area contributed by atoms with Gasteiger partial charge in [-0.25, -0.2) is 0 Å². The number of pyridine rings is 1. The number of hydrogen-bond donors (Lipinski definition) is 0. The molecule has 1 atom stereocenters. The van der Waals surface area contributed by atoms with Gasteiger partial charge < -0.3 is 0 Å². The molecule has 0 amide bonds. The topological polar surface area (TPSA) is 12.9 Å². The van der Waals surface area contributed by atoms with Gasteiger partial charge in [0, 0.05) is 33.1 Å². The van der Waals surface area contributed by atoms with Crippen molar-refractivity contribution < 1.29 is 0 Å². The lowest BCUT2D eigenvalue weighted by Crippen LogP contribution is -2.05. The van der Waals surface area contributed by atoms with E-state index < -0.39 is 0 Å². The van der Waals surface area contributed by atoms with Crippen LogP contribution in [0, 0.1) is 0 Å². The van der Waals surface area contributed by atoms with Crippen LogP contribution in [0.2, 0.25) is 0 Å². The number of nitrogens with zero attached hydrogens (tertiary/aromatic N) is 1. The molecular formula is C14H12Br2ClN. The van der Waals surface area contributed by atoms with E-state index in [0.29, 0.717) is 11.8 Å². The molecule has 0 aliphatic rings. The van der Waals surface area contributed by atoms with Crippen molar-refractivity contribution >= 4 is 43.5 Å². The van der Waals surface area contributed by atoms with E-state index in [1.165, 1.54) is 11.1 Å². The van der Waals surface area contributed by atoms with E-state index in [0.717, 1.165) is 15.4 Å². The van der Waals surface area contributed by atoms with E-state index in [4.69, 9.17) is 11.6 Å². The minimum atomic E-state index is 0.306. The molecule has 1 heterocycles. The molecule has 2 rings (SSSR count). The zero-order chi connectivity index (χ0) is 13.0. The van der Waals surface area contributed by atoms with Crippen molar-refractivity contribution in [3.8, 4) is 0 Å². The highest BCUT2D eigenvalue weighted by Crippen LogP contribution is 2.25. The standard InChI is InChI=1S/C14H12Br2ClN/c15-13-3-1-2-11(6-13)12(7-17)4-10-5-14(16)9-18-8-10/h1-3,5-6,8-9,12H,4,7H2. The van der Waals surface area contributed by atoms with Gasteiger partial charge in [-0.2, -0.15) is 0 Å². The zero-order valence-electron chi connectivity index (χ0n) is 9.61. The van der Waals surface area contributed by atoms with Gasteiger partial charge in [-0.3, -0.25) is 4.98 Å². The lowest BCUT2D eigenvalue weighted by atomic mass is 9.94. The zero-order valence-corrected chi connectivity index (χ0v) is 13.5. The van der Waals surface area contributed by atoms with E-state index in [2.05, 4.69) is 55.0 Å². The highest BCUT2D eigenvalue weighted by atomic mass is 79.9. The number of rotatable bonds is 4. The van der Waals surface area contributed by atoms with Crippen LogP contribution in [-0.4, -0.2) is 10.9 Å². The number of halogens is 3. The molecular weight excluding hydrogens is 377 g/mol. The summed E-state index contributed by atoms with van der Waals surface area (Å²) in [6.07, 6.45) is 4.58. The van der Waals surface area contributed by atoms with E-state index in [1.807, 2.05) is 18.3 Å². The summed E-state index contributed by atoms with van der Waals surface area (Å²) in [4.78, 5) is 4.18. The van der Waals surface area contributed by atoms with Gasteiger partial charge >= 0.3 is 0 Å². The Morgan fingerprint density at radius 3 is 2.61 bits per heavy atom. The predicted octanol–water partition coefficient (Wildman–Crippen LogP) is 5.17. The van der Waals surface area contributed by atoms with Crippen LogP contribution in [-0.2, 0) is 6.42 Å². The fraction of sp³-hybridized carbons (Fsp3) is 0.214. The second-order valence-electron chi connectivity index (χ2n) is 4.12. The van der Waals surface area contributed by atoms with Crippen molar-refractivity contribution in [3.63, 3.8) is 0 Å². The third kappa shape index (κ3) is 3.81. The number of benzene rings is 1. The molecule has 18 heavy (non-hydrogen) atoms. The molecule has 0 saturated carbocycles. The van der Waals surface area contributed by atoms with Crippen molar-refractivity contribution in [2.24, 2.45) is 0 Å². The van der Waals surface area contributed by atoms with Crippen LogP contribution in [0.25, 0.3) is 0 Å². The van der Waals surface area contributed by atoms with Gasteiger partial charge in [-0.05, 0) is 51.7 Å². The SMILES string of the molecule is ClCC(Cc1cncc(Br)c1)c1cccc(Br)c1. The predicted molar refractivity (Wildman–Crippen MR) is 83.2 cm³/mol. The third-order valence-electron chi connectivity index (χ3n) is 2.75. The Hall–Kier alpha value is -0.380. The molecule has 2 aromatic rings. The first kappa shape index (κ1) is 14.0. The van der Waals surface area contributed by atoms with Crippen LogP contribution in [0.4, 0.5) is 0 Å². The lowest BCUT2D eigenvalue weighted by Gasteiger charge is -2.14. The Morgan fingerprint density at radius 2 is 1.94 bits per heavy atom. The van der Waals surface area contributed by atoms with Crippen molar-refractivity contribution in [2.45, 2.75) is 12.3 Å². The quantitative estimate of drug-likeness (QED) is 0.657. The van der Waals surface area contributed by atoms with Crippen LogP contribution in [0.5, 0.6) is 0 Å². The molecule has 94 valence electrons. The third-order valence-corrected chi connectivity index (χ3v) is 4.05. The molecule has 1 aromatic carbocycles. The molecule has 0 radical (unpaired) electrons. The monoisotopic (exact) mass is 387 g/mol. The summed E-state index contributed by atoms with van der Waals surface area (Å²) in [6, 6.07) is 10.4. The minimum absolute atomic E-state index is 0.306. The Balaban J connectivity index is 2.19. The lowest BCUT2D eigenvalue weighted by molar-refractivity contribution is 0.762. The van der Waals surface area contributed by atoms with Gasteiger partial charge in [-0.15, -0.1) is 11.6 Å². The number of alkyl halides is 1. The molecule has 0 aliphatic carbocycles. The summed E-state index contributed by atoms with van der Waals surface area (Å²) in [5, 5.41) is 0. The van der Waals surface area contributed by atoms with Gasteiger partial charge in [0.2, 0.25) is 0 Å². The first-order valence-electron chi connectivity index (χ1n) is 5.60. The summed E-state index contributed by atoms with van der Waals surface area (Å²) in [6.45, 7) is 0. The first-order chi connectivity index (χ1) is 8.69.